The summed E-state index contributed by atoms with van der Waals surface area (Å²) in [6.45, 7) is 10.6. The van der Waals surface area contributed by atoms with Crippen molar-refractivity contribution in [3.8, 4) is 22.8 Å². The Morgan fingerprint density at radius 2 is 1.75 bits per heavy atom. The minimum atomic E-state index is -0.652. The fraction of sp³-hybridized carbons (Fsp3) is 0.393. The van der Waals surface area contributed by atoms with Gasteiger partial charge in [-0.1, -0.05) is 40.7 Å². The van der Waals surface area contributed by atoms with Crippen LogP contribution in [-0.2, 0) is 10.8 Å². The average Bonchev–Trinajstić information content (AvgIpc) is 3.48. The molecule has 3 heterocycles. The second-order valence-electron chi connectivity index (χ2n) is 11.4. The monoisotopic (exact) mass is 487 g/mol. The lowest BCUT2D eigenvalue weighted by Crippen LogP contribution is -2.38. The molecule has 1 fully saturated rings. The first-order chi connectivity index (χ1) is 17.0. The first-order valence-electron chi connectivity index (χ1n) is 12.2. The highest BCUT2D eigenvalue weighted by Gasteiger charge is 2.65. The predicted molar refractivity (Wildman–Crippen MR) is 130 cm³/mol. The van der Waals surface area contributed by atoms with Gasteiger partial charge in [-0.05, 0) is 47.9 Å². The lowest BCUT2D eigenvalue weighted by Gasteiger charge is -2.37. The van der Waals surface area contributed by atoms with Crippen LogP contribution in [0.25, 0.3) is 22.8 Å². The second-order valence-corrected chi connectivity index (χ2v) is 11.4. The molecule has 0 aliphatic heterocycles. The average molecular weight is 488 g/mol. The highest BCUT2D eigenvalue weighted by molar-refractivity contribution is 5.64. The van der Waals surface area contributed by atoms with Gasteiger partial charge in [-0.25, -0.2) is 18.7 Å². The van der Waals surface area contributed by atoms with Crippen molar-refractivity contribution in [1.82, 2.24) is 25.1 Å². The molecule has 2 atom stereocenters. The molecule has 2 aliphatic rings. The van der Waals surface area contributed by atoms with Gasteiger partial charge in [0.2, 0.25) is 5.89 Å². The molecule has 2 bridgehead atoms. The molecular weight excluding hydrogens is 460 g/mol. The summed E-state index contributed by atoms with van der Waals surface area (Å²) >= 11 is 0. The van der Waals surface area contributed by atoms with E-state index in [0.29, 0.717) is 11.6 Å². The molecule has 4 aromatic rings. The van der Waals surface area contributed by atoms with E-state index in [2.05, 4.69) is 54.8 Å². The Morgan fingerprint density at radius 3 is 2.44 bits per heavy atom. The summed E-state index contributed by atoms with van der Waals surface area (Å²) in [5.74, 6) is -0.731. The molecule has 8 heteroatoms. The summed E-state index contributed by atoms with van der Waals surface area (Å²) in [4.78, 5) is 14.1. The Kier molecular flexibility index (Phi) is 4.75. The van der Waals surface area contributed by atoms with Gasteiger partial charge in [-0.3, -0.25) is 4.98 Å². The Labute approximate surface area is 208 Å². The van der Waals surface area contributed by atoms with Crippen LogP contribution in [0.3, 0.4) is 0 Å². The van der Waals surface area contributed by atoms with E-state index in [4.69, 9.17) is 9.40 Å². The number of aromatic nitrogens is 5. The number of benzene rings is 1. The summed E-state index contributed by atoms with van der Waals surface area (Å²) in [7, 11) is 0. The van der Waals surface area contributed by atoms with E-state index in [1.807, 2.05) is 0 Å². The van der Waals surface area contributed by atoms with Crippen molar-refractivity contribution >= 4 is 0 Å². The van der Waals surface area contributed by atoms with Crippen molar-refractivity contribution in [1.29, 1.82) is 0 Å². The van der Waals surface area contributed by atoms with Gasteiger partial charge in [0.1, 0.15) is 23.6 Å². The molecule has 184 valence electrons. The molecule has 0 amide bonds. The molecule has 6 nitrogen and oxygen atoms in total. The van der Waals surface area contributed by atoms with Crippen molar-refractivity contribution in [2.45, 2.75) is 64.2 Å². The summed E-state index contributed by atoms with van der Waals surface area (Å²) in [5, 5.41) is 8.89. The van der Waals surface area contributed by atoms with Gasteiger partial charge >= 0.3 is 0 Å². The van der Waals surface area contributed by atoms with Crippen LogP contribution >= 0.6 is 0 Å². The van der Waals surface area contributed by atoms with Crippen molar-refractivity contribution in [3.05, 3.63) is 77.2 Å². The third-order valence-corrected chi connectivity index (χ3v) is 8.16. The van der Waals surface area contributed by atoms with Gasteiger partial charge in [0.15, 0.2) is 0 Å². The zero-order chi connectivity index (χ0) is 25.5. The number of rotatable bonds is 3. The SMILES string of the molecule is CC(C)(C)c1coc(-c2cncc([C@]34CC[C@H](c5cc(-c6c(F)cccc6F)nnc53)C4(C)C)n2)n1. The molecule has 0 saturated heterocycles. The van der Waals surface area contributed by atoms with E-state index in [9.17, 15) is 8.78 Å². The van der Waals surface area contributed by atoms with Crippen LogP contribution in [0, 0.1) is 17.0 Å². The quantitative estimate of drug-likeness (QED) is 0.334. The number of hydrogen-bond acceptors (Lipinski definition) is 6. The molecule has 3 aromatic heterocycles. The zero-order valence-electron chi connectivity index (χ0n) is 20.9. The van der Waals surface area contributed by atoms with E-state index in [-0.39, 0.29) is 28.0 Å². The largest absolute Gasteiger partial charge is 0.443 e. The lowest BCUT2D eigenvalue weighted by atomic mass is 9.66. The van der Waals surface area contributed by atoms with E-state index < -0.39 is 17.0 Å². The molecule has 1 aromatic carbocycles. The van der Waals surface area contributed by atoms with Gasteiger partial charge in [0, 0.05) is 11.6 Å². The first-order valence-corrected chi connectivity index (χ1v) is 12.2. The Morgan fingerprint density at radius 1 is 1.00 bits per heavy atom. The lowest BCUT2D eigenvalue weighted by molar-refractivity contribution is 0.242. The van der Waals surface area contributed by atoms with Crippen LogP contribution in [0.4, 0.5) is 8.78 Å². The van der Waals surface area contributed by atoms with Gasteiger partial charge < -0.3 is 4.42 Å². The number of halogens is 2. The van der Waals surface area contributed by atoms with E-state index >= 15 is 0 Å². The predicted octanol–water partition coefficient (Wildman–Crippen LogP) is 6.37. The van der Waals surface area contributed by atoms with Crippen LogP contribution in [0.1, 0.15) is 76.0 Å². The molecule has 0 unspecified atom stereocenters. The zero-order valence-corrected chi connectivity index (χ0v) is 20.9. The van der Waals surface area contributed by atoms with Gasteiger partial charge in [-0.2, -0.15) is 5.10 Å². The third kappa shape index (κ3) is 3.02. The van der Waals surface area contributed by atoms with Gasteiger partial charge in [-0.15, -0.1) is 5.10 Å². The molecular formula is C28H27F2N5O. The number of hydrogen-bond donors (Lipinski definition) is 0. The minimum Gasteiger partial charge on any atom is -0.443 e. The van der Waals surface area contributed by atoms with Crippen LogP contribution in [0.5, 0.6) is 0 Å². The van der Waals surface area contributed by atoms with Crippen LogP contribution in [0.2, 0.25) is 0 Å². The third-order valence-electron chi connectivity index (χ3n) is 8.16. The highest BCUT2D eigenvalue weighted by Crippen LogP contribution is 2.69. The van der Waals surface area contributed by atoms with Crippen molar-refractivity contribution in [2.24, 2.45) is 5.41 Å². The highest BCUT2D eigenvalue weighted by atomic mass is 19.1. The summed E-state index contributed by atoms with van der Waals surface area (Å²) < 4.78 is 34.8. The maximum atomic E-state index is 14.5. The molecule has 6 rings (SSSR count). The fourth-order valence-corrected chi connectivity index (χ4v) is 6.17. The molecule has 0 radical (unpaired) electrons. The Balaban J connectivity index is 1.48. The van der Waals surface area contributed by atoms with Crippen molar-refractivity contribution in [2.75, 3.05) is 0 Å². The molecule has 1 saturated carbocycles. The topological polar surface area (TPSA) is 77.6 Å². The first kappa shape index (κ1) is 22.9. The Hall–Kier alpha value is -3.55. The number of fused-ring (bicyclic) bond motifs is 5. The number of oxazole rings is 1. The van der Waals surface area contributed by atoms with Crippen LogP contribution in [0.15, 0.2) is 47.3 Å². The summed E-state index contributed by atoms with van der Waals surface area (Å²) in [5.41, 5.74) is 3.07. The molecule has 36 heavy (non-hydrogen) atoms. The summed E-state index contributed by atoms with van der Waals surface area (Å²) in [6, 6.07) is 5.62. The van der Waals surface area contributed by atoms with Crippen molar-refractivity contribution < 1.29 is 13.2 Å². The summed E-state index contributed by atoms with van der Waals surface area (Å²) in [6.07, 6.45) is 6.84. The second kappa shape index (κ2) is 7.48. The van der Waals surface area contributed by atoms with E-state index in [1.54, 1.807) is 24.7 Å². The Bertz CT molecular complexity index is 1490. The van der Waals surface area contributed by atoms with Crippen molar-refractivity contribution in [3.63, 3.8) is 0 Å². The van der Waals surface area contributed by atoms with Crippen LogP contribution in [-0.4, -0.2) is 25.1 Å². The van der Waals surface area contributed by atoms with Gasteiger partial charge in [0.05, 0.1) is 40.0 Å². The van der Waals surface area contributed by atoms with E-state index in [1.165, 1.54) is 18.2 Å². The smallest absolute Gasteiger partial charge is 0.246 e. The normalized spacial score (nSPS) is 22.1. The maximum absolute atomic E-state index is 14.5. The van der Waals surface area contributed by atoms with Crippen LogP contribution < -0.4 is 0 Å². The fourth-order valence-electron chi connectivity index (χ4n) is 6.17. The standard InChI is InChI=1S/C28H27F2N5O/c1-26(2,3)22-14-36-25(33-22)20-12-31-13-21(32-20)28-10-9-16(27(28,4)5)15-11-19(34-35-24(15)28)23-17(29)7-6-8-18(23)30/h6-8,11-14,16H,9-10H2,1-5H3/t16-,28-/m1/s1. The molecule has 0 N–H and O–H groups in total. The van der Waals surface area contributed by atoms with Gasteiger partial charge in [0.25, 0.3) is 0 Å². The minimum absolute atomic E-state index is 0.149. The number of nitrogens with zero attached hydrogens (tertiary/aromatic N) is 5. The maximum Gasteiger partial charge on any atom is 0.246 e. The molecule has 0 spiro atoms. The molecule has 2 aliphatic carbocycles. The van der Waals surface area contributed by atoms with E-state index in [0.717, 1.165) is 35.5 Å².